The lowest BCUT2D eigenvalue weighted by Crippen LogP contribution is -2.42. The molecule has 0 saturated heterocycles. The predicted octanol–water partition coefficient (Wildman–Crippen LogP) is 6.13. The van der Waals surface area contributed by atoms with Crippen LogP contribution in [-0.4, -0.2) is 23.2 Å². The molecule has 3 heteroatoms. The number of carbonyl (C=O) groups excluding carboxylic acids is 1. The summed E-state index contributed by atoms with van der Waals surface area (Å²) in [5, 5.41) is 13.3. The molecule has 0 atom stereocenters. The molecule has 0 aliphatic heterocycles. The van der Waals surface area contributed by atoms with Gasteiger partial charge in [0.05, 0.1) is 5.60 Å². The minimum absolute atomic E-state index is 0.178. The molecule has 0 aliphatic carbocycles. The molecule has 0 aromatic carbocycles. The minimum Gasteiger partial charge on any atom is -0.388 e. The van der Waals surface area contributed by atoms with Crippen LogP contribution in [0.1, 0.15) is 59.3 Å². The zero-order valence-corrected chi connectivity index (χ0v) is 18.4. The summed E-state index contributed by atoms with van der Waals surface area (Å²) >= 11 is 0. The van der Waals surface area contributed by atoms with E-state index in [4.69, 9.17) is 0 Å². The van der Waals surface area contributed by atoms with E-state index in [2.05, 4.69) is 17.5 Å². The Kier molecular flexibility index (Phi) is 17.4. The number of nitrogens with one attached hydrogen (secondary N) is 1. The highest BCUT2D eigenvalue weighted by Gasteiger charge is 2.24. The maximum atomic E-state index is 11.9. The number of aliphatic hydroxyl groups is 1. The maximum absolute atomic E-state index is 11.9. The van der Waals surface area contributed by atoms with Crippen LogP contribution in [0.5, 0.6) is 0 Å². The third-order valence-corrected chi connectivity index (χ3v) is 4.12. The van der Waals surface area contributed by atoms with Crippen LogP contribution in [0.4, 0.5) is 0 Å². The smallest absolute Gasteiger partial charge is 0.244 e. The van der Waals surface area contributed by atoms with E-state index in [1.807, 2.05) is 81.5 Å². The number of rotatable bonds is 15. The monoisotopic (exact) mass is 397 g/mol. The standard InChI is InChI=1S/C26H39NO2/c1-4-7-8-9-10-11-12-13-14-15-16-17-18-19-20-21-25(28)27-24-26(29,22-5-2)23-6-3/h4,7-13,16-21,29H,5-6,14-15,22-24H2,1-3H3,(H,27,28). The van der Waals surface area contributed by atoms with E-state index in [0.717, 1.165) is 25.7 Å². The third kappa shape index (κ3) is 17.4. The van der Waals surface area contributed by atoms with Crippen LogP contribution in [-0.2, 0) is 4.79 Å². The largest absolute Gasteiger partial charge is 0.388 e. The molecule has 0 radical (unpaired) electrons. The molecule has 0 heterocycles. The second-order valence-corrected chi connectivity index (χ2v) is 6.92. The van der Waals surface area contributed by atoms with Crippen LogP contribution >= 0.6 is 0 Å². The first-order chi connectivity index (χ1) is 14.1. The van der Waals surface area contributed by atoms with E-state index >= 15 is 0 Å². The number of hydrogen-bond donors (Lipinski definition) is 2. The van der Waals surface area contributed by atoms with E-state index in [-0.39, 0.29) is 5.91 Å². The summed E-state index contributed by atoms with van der Waals surface area (Å²) in [4.78, 5) is 11.9. The molecule has 160 valence electrons. The molecule has 0 saturated carbocycles. The summed E-state index contributed by atoms with van der Waals surface area (Å²) < 4.78 is 0. The van der Waals surface area contributed by atoms with Gasteiger partial charge >= 0.3 is 0 Å². The summed E-state index contributed by atoms with van der Waals surface area (Å²) in [6.07, 6.45) is 32.4. The summed E-state index contributed by atoms with van der Waals surface area (Å²) in [7, 11) is 0. The van der Waals surface area contributed by atoms with E-state index in [9.17, 15) is 9.90 Å². The zero-order chi connectivity index (χ0) is 21.6. The SMILES string of the molecule is CC=CC=CC=CC=CCCC=CC=CC=CC(=O)NCC(O)(CCC)CCC. The van der Waals surface area contributed by atoms with Crippen molar-refractivity contribution in [3.63, 3.8) is 0 Å². The number of hydrogen-bond acceptors (Lipinski definition) is 2. The quantitative estimate of drug-likeness (QED) is 0.198. The highest BCUT2D eigenvalue weighted by molar-refractivity contribution is 5.87. The molecule has 0 unspecified atom stereocenters. The van der Waals surface area contributed by atoms with Gasteiger partial charge in [0.1, 0.15) is 0 Å². The lowest BCUT2D eigenvalue weighted by molar-refractivity contribution is -0.117. The van der Waals surface area contributed by atoms with Crippen molar-refractivity contribution < 1.29 is 9.90 Å². The van der Waals surface area contributed by atoms with Gasteiger partial charge in [0, 0.05) is 12.6 Å². The van der Waals surface area contributed by atoms with Gasteiger partial charge in [-0.1, -0.05) is 106 Å². The van der Waals surface area contributed by atoms with Crippen LogP contribution in [0.15, 0.2) is 85.1 Å². The van der Waals surface area contributed by atoms with Gasteiger partial charge in [-0.3, -0.25) is 4.79 Å². The van der Waals surface area contributed by atoms with Crippen LogP contribution in [0, 0.1) is 0 Å². The predicted molar refractivity (Wildman–Crippen MR) is 127 cm³/mol. The van der Waals surface area contributed by atoms with Gasteiger partial charge in [0.2, 0.25) is 5.91 Å². The fourth-order valence-corrected chi connectivity index (χ4v) is 2.72. The van der Waals surface area contributed by atoms with Crippen molar-refractivity contribution in [3.8, 4) is 0 Å². The number of amides is 1. The molecule has 0 bridgehead atoms. The Balaban J connectivity index is 4.02. The molecule has 0 aromatic rings. The number of unbranched alkanes of at least 4 members (excludes halogenated alkanes) is 1. The van der Waals surface area contributed by atoms with Crippen molar-refractivity contribution in [2.24, 2.45) is 0 Å². The number of allylic oxidation sites excluding steroid dienone is 13. The molecule has 0 fully saturated rings. The van der Waals surface area contributed by atoms with E-state index in [0.29, 0.717) is 19.4 Å². The fraction of sp³-hybridized carbons (Fsp3) is 0.423. The van der Waals surface area contributed by atoms with Gasteiger partial charge < -0.3 is 10.4 Å². The van der Waals surface area contributed by atoms with Crippen molar-refractivity contribution in [1.82, 2.24) is 5.32 Å². The molecule has 3 nitrogen and oxygen atoms in total. The van der Waals surface area contributed by atoms with Crippen LogP contribution in [0.3, 0.4) is 0 Å². The van der Waals surface area contributed by atoms with Crippen molar-refractivity contribution >= 4 is 5.91 Å². The molecule has 0 rings (SSSR count). The summed E-state index contributed by atoms with van der Waals surface area (Å²) in [5.74, 6) is -0.178. The second-order valence-electron chi connectivity index (χ2n) is 6.92. The third-order valence-electron chi connectivity index (χ3n) is 4.12. The molecule has 1 amide bonds. The summed E-state index contributed by atoms with van der Waals surface area (Å²) in [5.41, 5.74) is -0.793. The average molecular weight is 398 g/mol. The fourth-order valence-electron chi connectivity index (χ4n) is 2.72. The maximum Gasteiger partial charge on any atom is 0.244 e. The van der Waals surface area contributed by atoms with Gasteiger partial charge in [-0.15, -0.1) is 0 Å². The van der Waals surface area contributed by atoms with Crippen molar-refractivity contribution in [1.29, 1.82) is 0 Å². The molecule has 2 N–H and O–H groups in total. The topological polar surface area (TPSA) is 49.3 Å². The van der Waals surface area contributed by atoms with E-state index < -0.39 is 5.60 Å². The van der Waals surface area contributed by atoms with Crippen LogP contribution in [0.25, 0.3) is 0 Å². The van der Waals surface area contributed by atoms with Gasteiger partial charge in [0.15, 0.2) is 0 Å². The summed E-state index contributed by atoms with van der Waals surface area (Å²) in [6, 6.07) is 0. The van der Waals surface area contributed by atoms with Crippen molar-refractivity contribution in [2.75, 3.05) is 6.54 Å². The Bertz CT molecular complexity index is 613. The Labute approximate surface area is 178 Å². The average Bonchev–Trinajstić information content (AvgIpc) is 2.70. The van der Waals surface area contributed by atoms with E-state index in [1.165, 1.54) is 6.08 Å². The highest BCUT2D eigenvalue weighted by Crippen LogP contribution is 2.18. The second kappa shape index (κ2) is 18.9. The Hall–Kier alpha value is -2.39. The zero-order valence-electron chi connectivity index (χ0n) is 18.4. The molecule has 0 aromatic heterocycles. The van der Waals surface area contributed by atoms with Crippen LogP contribution < -0.4 is 5.32 Å². The van der Waals surface area contributed by atoms with Gasteiger partial charge in [0.25, 0.3) is 0 Å². The first kappa shape index (κ1) is 26.6. The van der Waals surface area contributed by atoms with Crippen molar-refractivity contribution in [3.05, 3.63) is 85.1 Å². The Morgan fingerprint density at radius 3 is 1.79 bits per heavy atom. The van der Waals surface area contributed by atoms with E-state index in [1.54, 1.807) is 6.08 Å². The molecule has 29 heavy (non-hydrogen) atoms. The molecular weight excluding hydrogens is 358 g/mol. The normalized spacial score (nSPS) is 13.7. The first-order valence-corrected chi connectivity index (χ1v) is 10.7. The van der Waals surface area contributed by atoms with Crippen LogP contribution in [0.2, 0.25) is 0 Å². The molecule has 0 spiro atoms. The van der Waals surface area contributed by atoms with Crippen molar-refractivity contribution in [2.45, 2.75) is 64.9 Å². The lowest BCUT2D eigenvalue weighted by atomic mass is 9.92. The summed E-state index contributed by atoms with van der Waals surface area (Å²) in [6.45, 7) is 6.38. The number of carbonyl (C=O) groups is 1. The highest BCUT2D eigenvalue weighted by atomic mass is 16.3. The lowest BCUT2D eigenvalue weighted by Gasteiger charge is -2.27. The first-order valence-electron chi connectivity index (χ1n) is 10.7. The van der Waals surface area contributed by atoms with Gasteiger partial charge in [-0.25, -0.2) is 0 Å². The molecule has 0 aliphatic rings. The van der Waals surface area contributed by atoms with Gasteiger partial charge in [-0.2, -0.15) is 0 Å². The molecular formula is C26H39NO2. The Morgan fingerprint density at radius 1 is 0.793 bits per heavy atom. The minimum atomic E-state index is -0.793. The Morgan fingerprint density at radius 2 is 1.28 bits per heavy atom. The van der Waals surface area contributed by atoms with Gasteiger partial charge in [-0.05, 0) is 32.6 Å².